The highest BCUT2D eigenvalue weighted by Gasteiger charge is 2.46. The summed E-state index contributed by atoms with van der Waals surface area (Å²) in [7, 11) is -2.48. The van der Waals surface area contributed by atoms with E-state index in [9.17, 15) is 13.2 Å². The number of carboxylic acid groups (broad SMARTS) is 1. The second kappa shape index (κ2) is 4.34. The number of aryl methyl sites for hydroxylation is 1. The number of ether oxygens (including phenoxy) is 1. The largest absolute Gasteiger partial charge is 0.480 e. The molecule has 1 aliphatic heterocycles. The lowest BCUT2D eigenvalue weighted by Gasteiger charge is -2.23. The molecule has 2 N–H and O–H groups in total. The molecule has 1 aliphatic rings. The molecule has 100 valence electrons. The molecule has 0 spiro atoms. The van der Waals surface area contributed by atoms with E-state index in [1.54, 1.807) is 0 Å². The standard InChI is InChI=1S/C9H13N3O5S/c1-12-7(2-4-10-12)18(15,16)11-9(8(13)14)3-5-17-6-9/h2,4,11H,3,5-6H2,1H3,(H,13,14). The molecule has 9 heteroatoms. The molecule has 1 fully saturated rings. The number of carbonyl (C=O) groups is 1. The first-order valence-corrected chi connectivity index (χ1v) is 6.69. The maximum Gasteiger partial charge on any atom is 0.327 e. The highest BCUT2D eigenvalue weighted by atomic mass is 32.2. The minimum Gasteiger partial charge on any atom is -0.480 e. The zero-order valence-electron chi connectivity index (χ0n) is 9.66. The van der Waals surface area contributed by atoms with E-state index in [0.29, 0.717) is 0 Å². The van der Waals surface area contributed by atoms with Crippen LogP contribution in [0.15, 0.2) is 17.3 Å². The molecule has 0 bridgehead atoms. The van der Waals surface area contributed by atoms with Crippen molar-refractivity contribution in [2.24, 2.45) is 7.05 Å². The van der Waals surface area contributed by atoms with E-state index in [4.69, 9.17) is 9.84 Å². The molecule has 0 aliphatic carbocycles. The lowest BCUT2D eigenvalue weighted by molar-refractivity contribution is -0.144. The molecular weight excluding hydrogens is 262 g/mol. The Morgan fingerprint density at radius 3 is 2.83 bits per heavy atom. The van der Waals surface area contributed by atoms with Gasteiger partial charge in [0.1, 0.15) is 0 Å². The van der Waals surface area contributed by atoms with Crippen LogP contribution in [0.4, 0.5) is 0 Å². The first kappa shape index (κ1) is 13.0. The number of nitrogens with zero attached hydrogens (tertiary/aromatic N) is 2. The van der Waals surface area contributed by atoms with Gasteiger partial charge in [-0.3, -0.25) is 9.48 Å². The van der Waals surface area contributed by atoms with Crippen molar-refractivity contribution in [3.8, 4) is 0 Å². The molecule has 1 saturated heterocycles. The van der Waals surface area contributed by atoms with Crippen molar-refractivity contribution in [2.75, 3.05) is 13.2 Å². The van der Waals surface area contributed by atoms with Crippen molar-refractivity contribution in [3.05, 3.63) is 12.3 Å². The Bertz CT molecular complexity index is 559. The third-order valence-corrected chi connectivity index (χ3v) is 4.42. The van der Waals surface area contributed by atoms with Crippen LogP contribution in [0.5, 0.6) is 0 Å². The number of nitrogens with one attached hydrogen (secondary N) is 1. The van der Waals surface area contributed by atoms with Crippen LogP contribution in [0, 0.1) is 0 Å². The van der Waals surface area contributed by atoms with E-state index in [1.165, 1.54) is 19.3 Å². The second-order valence-electron chi connectivity index (χ2n) is 4.09. The second-order valence-corrected chi connectivity index (χ2v) is 5.72. The minimum atomic E-state index is -3.94. The number of aliphatic carboxylic acids is 1. The van der Waals surface area contributed by atoms with Crippen LogP contribution in [0.2, 0.25) is 0 Å². The Balaban J connectivity index is 2.33. The van der Waals surface area contributed by atoms with E-state index in [1.807, 2.05) is 0 Å². The molecule has 0 amide bonds. The molecule has 8 nitrogen and oxygen atoms in total. The normalized spacial score (nSPS) is 24.3. The van der Waals surface area contributed by atoms with Gasteiger partial charge in [-0.05, 0) is 6.07 Å². The van der Waals surface area contributed by atoms with Crippen molar-refractivity contribution in [2.45, 2.75) is 17.0 Å². The van der Waals surface area contributed by atoms with Crippen molar-refractivity contribution < 1.29 is 23.1 Å². The lowest BCUT2D eigenvalue weighted by Crippen LogP contribution is -2.55. The van der Waals surface area contributed by atoms with Crippen molar-refractivity contribution in [1.82, 2.24) is 14.5 Å². The van der Waals surface area contributed by atoms with E-state index in [0.717, 1.165) is 4.68 Å². The summed E-state index contributed by atoms with van der Waals surface area (Å²) < 4.78 is 32.5. The molecule has 0 aromatic carbocycles. The summed E-state index contributed by atoms with van der Waals surface area (Å²) in [5, 5.41) is 12.8. The summed E-state index contributed by atoms with van der Waals surface area (Å²) in [6.45, 7) is 0.0274. The van der Waals surface area contributed by atoms with E-state index in [-0.39, 0.29) is 24.7 Å². The van der Waals surface area contributed by atoms with Crippen LogP contribution >= 0.6 is 0 Å². The number of hydrogen-bond donors (Lipinski definition) is 2. The molecule has 2 rings (SSSR count). The first-order chi connectivity index (χ1) is 8.37. The maximum absolute atomic E-state index is 12.1. The summed E-state index contributed by atoms with van der Waals surface area (Å²) in [4.78, 5) is 11.2. The van der Waals surface area contributed by atoms with Gasteiger partial charge in [0.2, 0.25) is 0 Å². The highest BCUT2D eigenvalue weighted by Crippen LogP contribution is 2.22. The van der Waals surface area contributed by atoms with Gasteiger partial charge < -0.3 is 9.84 Å². The third-order valence-electron chi connectivity index (χ3n) is 2.81. The Hall–Kier alpha value is -1.45. The van der Waals surface area contributed by atoms with Gasteiger partial charge in [0.25, 0.3) is 10.0 Å². The number of rotatable bonds is 4. The van der Waals surface area contributed by atoms with Gasteiger partial charge in [0.05, 0.1) is 12.8 Å². The predicted molar refractivity (Wildman–Crippen MR) is 59.3 cm³/mol. The molecular formula is C9H13N3O5S. The lowest BCUT2D eigenvalue weighted by atomic mass is 10.0. The number of carboxylic acids is 1. The van der Waals surface area contributed by atoms with Gasteiger partial charge in [-0.15, -0.1) is 0 Å². The monoisotopic (exact) mass is 275 g/mol. The SMILES string of the molecule is Cn1nccc1S(=O)(=O)NC1(C(=O)O)CCOC1. The zero-order valence-corrected chi connectivity index (χ0v) is 10.5. The fourth-order valence-corrected chi connectivity index (χ4v) is 3.29. The zero-order chi connectivity index (χ0) is 13.4. The summed E-state index contributed by atoms with van der Waals surface area (Å²) >= 11 is 0. The topological polar surface area (TPSA) is 111 Å². The van der Waals surface area contributed by atoms with Crippen molar-refractivity contribution in [1.29, 1.82) is 0 Å². The fraction of sp³-hybridized carbons (Fsp3) is 0.556. The summed E-state index contributed by atoms with van der Waals surface area (Å²) in [5.41, 5.74) is -1.59. The summed E-state index contributed by atoms with van der Waals surface area (Å²) in [6, 6.07) is 1.30. The first-order valence-electron chi connectivity index (χ1n) is 5.20. The molecule has 18 heavy (non-hydrogen) atoms. The van der Waals surface area contributed by atoms with Crippen LogP contribution in [0.1, 0.15) is 6.42 Å². The molecule has 1 unspecified atom stereocenters. The Morgan fingerprint density at radius 2 is 2.39 bits per heavy atom. The average molecular weight is 275 g/mol. The van der Waals surface area contributed by atoms with E-state index < -0.39 is 21.5 Å². The van der Waals surface area contributed by atoms with Gasteiger partial charge in [0.15, 0.2) is 10.6 Å². The van der Waals surface area contributed by atoms with Crippen LogP contribution < -0.4 is 4.72 Å². The van der Waals surface area contributed by atoms with E-state index in [2.05, 4.69) is 9.82 Å². The van der Waals surface area contributed by atoms with Gasteiger partial charge in [0, 0.05) is 20.1 Å². The molecule has 0 radical (unpaired) electrons. The smallest absolute Gasteiger partial charge is 0.327 e. The Kier molecular flexibility index (Phi) is 3.13. The highest BCUT2D eigenvalue weighted by molar-refractivity contribution is 7.89. The quantitative estimate of drug-likeness (QED) is 0.725. The van der Waals surface area contributed by atoms with Crippen molar-refractivity contribution >= 4 is 16.0 Å². The van der Waals surface area contributed by atoms with Crippen LogP contribution in [0.25, 0.3) is 0 Å². The number of hydrogen-bond acceptors (Lipinski definition) is 5. The summed E-state index contributed by atoms with van der Waals surface area (Å²) in [5.74, 6) is -1.24. The molecule has 1 aromatic rings. The van der Waals surface area contributed by atoms with Crippen LogP contribution in [0.3, 0.4) is 0 Å². The minimum absolute atomic E-state index is 0.0879. The van der Waals surface area contributed by atoms with Gasteiger partial charge in [-0.25, -0.2) is 8.42 Å². The van der Waals surface area contributed by atoms with Gasteiger partial charge >= 0.3 is 5.97 Å². The van der Waals surface area contributed by atoms with Crippen LogP contribution in [-0.4, -0.2) is 48.0 Å². The maximum atomic E-state index is 12.1. The van der Waals surface area contributed by atoms with E-state index >= 15 is 0 Å². The Labute approximate surface area is 104 Å². The fourth-order valence-electron chi connectivity index (χ4n) is 1.79. The third kappa shape index (κ3) is 2.11. The molecule has 2 heterocycles. The van der Waals surface area contributed by atoms with Crippen LogP contribution in [-0.2, 0) is 26.6 Å². The van der Waals surface area contributed by atoms with Gasteiger partial charge in [-0.2, -0.15) is 9.82 Å². The molecule has 1 aromatic heterocycles. The van der Waals surface area contributed by atoms with Gasteiger partial charge in [-0.1, -0.05) is 0 Å². The van der Waals surface area contributed by atoms with Crippen molar-refractivity contribution in [3.63, 3.8) is 0 Å². The average Bonchev–Trinajstić information content (AvgIpc) is 2.87. The number of sulfonamides is 1. The summed E-state index contributed by atoms with van der Waals surface area (Å²) in [6.07, 6.45) is 1.42. The molecule has 0 saturated carbocycles. The Morgan fingerprint density at radius 1 is 1.67 bits per heavy atom. The number of aromatic nitrogens is 2. The molecule has 1 atom stereocenters. The predicted octanol–water partition coefficient (Wildman–Crippen LogP) is -1.06.